The summed E-state index contributed by atoms with van der Waals surface area (Å²) in [6.45, 7) is 13.3. The van der Waals surface area contributed by atoms with Crippen LogP contribution >= 0.6 is 11.3 Å². The molecule has 0 N–H and O–H groups in total. The summed E-state index contributed by atoms with van der Waals surface area (Å²) in [7, 11) is 0. The molecule has 5 nitrogen and oxygen atoms in total. The molecule has 0 spiro atoms. The second-order valence-corrected chi connectivity index (χ2v) is 24.9. The van der Waals surface area contributed by atoms with E-state index in [0.29, 0.717) is 11.8 Å². The van der Waals surface area contributed by atoms with Gasteiger partial charge in [-0.1, -0.05) is 143 Å². The average Bonchev–Trinajstić information content (AvgIpc) is 1.55. The lowest BCUT2D eigenvalue weighted by Crippen LogP contribution is -2.10. The van der Waals surface area contributed by atoms with Gasteiger partial charge < -0.3 is 23.0 Å². The van der Waals surface area contributed by atoms with Gasteiger partial charge in [-0.2, -0.15) is 0 Å². The molecule has 402 valence electrons. The second kappa shape index (κ2) is 18.3. The summed E-state index contributed by atoms with van der Waals surface area (Å²) in [6, 6.07) is 83.5. The predicted molar refractivity (Wildman–Crippen MR) is 359 cm³/mol. The molecule has 0 aliphatic heterocycles. The smallest absolute Gasteiger partial charge is 0.138 e. The minimum atomic E-state index is 0.333. The van der Waals surface area contributed by atoms with E-state index in [1.165, 1.54) is 102 Å². The molecule has 0 aliphatic rings. The van der Waals surface area contributed by atoms with E-state index < -0.39 is 0 Å². The topological polar surface area (TPSA) is 37.2 Å². The fourth-order valence-electron chi connectivity index (χ4n) is 14.0. The largest absolute Gasteiger partial charge is 0.456 e. The highest BCUT2D eigenvalue weighted by atomic mass is 32.1. The van der Waals surface area contributed by atoms with Gasteiger partial charge in [0.15, 0.2) is 0 Å². The minimum absolute atomic E-state index is 0.333. The highest BCUT2D eigenvalue weighted by Gasteiger charge is 2.27. The summed E-state index contributed by atoms with van der Waals surface area (Å²) in [5, 5.41) is 14.5. The lowest BCUT2D eigenvalue weighted by atomic mass is 9.98. The maximum atomic E-state index is 6.87. The van der Waals surface area contributed by atoms with E-state index in [1.54, 1.807) is 0 Å². The number of aromatic nitrogens is 1. The second-order valence-electron chi connectivity index (χ2n) is 23.8. The van der Waals surface area contributed by atoms with Crippen molar-refractivity contribution in [2.45, 2.75) is 53.4 Å². The van der Waals surface area contributed by atoms with Crippen LogP contribution in [0.25, 0.3) is 124 Å². The van der Waals surface area contributed by atoms with E-state index in [1.807, 2.05) is 11.3 Å². The Morgan fingerprint density at radius 2 is 0.940 bits per heavy atom. The first-order valence-corrected chi connectivity index (χ1v) is 30.2. The van der Waals surface area contributed by atoms with Crippen LogP contribution < -0.4 is 9.80 Å². The van der Waals surface area contributed by atoms with Gasteiger partial charge in [-0.25, -0.2) is 0 Å². The minimum Gasteiger partial charge on any atom is -0.456 e. The van der Waals surface area contributed by atoms with Crippen molar-refractivity contribution in [1.82, 2.24) is 4.40 Å². The molecule has 5 aromatic heterocycles. The Bertz CT molecular complexity index is 5560. The van der Waals surface area contributed by atoms with Crippen molar-refractivity contribution >= 4 is 158 Å². The van der Waals surface area contributed by atoms with Gasteiger partial charge in [0.25, 0.3) is 0 Å². The highest BCUT2D eigenvalue weighted by Crippen LogP contribution is 2.51. The van der Waals surface area contributed by atoms with Crippen LogP contribution in [0.15, 0.2) is 233 Å². The first-order valence-electron chi connectivity index (χ1n) is 29.3. The summed E-state index contributed by atoms with van der Waals surface area (Å²) >= 11 is 1.88. The third-order valence-electron chi connectivity index (χ3n) is 17.9. The quantitative estimate of drug-likeness (QED) is 0.144. The zero-order valence-corrected chi connectivity index (χ0v) is 48.4. The monoisotopic (exact) mass is 1100 g/mol. The molecule has 0 atom stereocenters. The maximum Gasteiger partial charge on any atom is 0.138 e. The van der Waals surface area contributed by atoms with E-state index in [4.69, 9.17) is 8.83 Å². The number of hydrogen-bond acceptors (Lipinski definition) is 5. The van der Waals surface area contributed by atoms with Crippen molar-refractivity contribution in [2.75, 3.05) is 9.80 Å². The van der Waals surface area contributed by atoms with Crippen molar-refractivity contribution in [1.29, 1.82) is 0 Å². The molecule has 0 bridgehead atoms. The van der Waals surface area contributed by atoms with Crippen molar-refractivity contribution in [3.63, 3.8) is 0 Å². The Balaban J connectivity index is 0.867. The van der Waals surface area contributed by atoms with Crippen molar-refractivity contribution in [2.24, 2.45) is 0 Å². The Hall–Kier alpha value is -9.88. The Morgan fingerprint density at radius 1 is 0.369 bits per heavy atom. The zero-order chi connectivity index (χ0) is 56.2. The molecule has 0 fully saturated rings. The lowest BCUT2D eigenvalue weighted by molar-refractivity contribution is 0.656. The van der Waals surface area contributed by atoms with Gasteiger partial charge in [-0.3, -0.25) is 0 Å². The Kier molecular flexibility index (Phi) is 10.6. The summed E-state index contributed by atoms with van der Waals surface area (Å²) in [4.78, 5) is 4.84. The molecule has 0 amide bonds. The number of para-hydroxylation sites is 2. The molecular formula is C78H57N3O2S. The summed E-state index contributed by atoms with van der Waals surface area (Å²) in [5.41, 5.74) is 21.1. The molecule has 0 radical (unpaired) electrons. The van der Waals surface area contributed by atoms with Crippen molar-refractivity contribution < 1.29 is 8.83 Å². The van der Waals surface area contributed by atoms with E-state index in [-0.39, 0.29) is 0 Å². The number of nitrogens with zero attached hydrogens (tertiary/aromatic N) is 3. The predicted octanol–water partition coefficient (Wildman–Crippen LogP) is 23.6. The number of thiophene rings is 1. The van der Waals surface area contributed by atoms with Crippen LogP contribution in [0.3, 0.4) is 0 Å². The number of hydrogen-bond donors (Lipinski definition) is 0. The average molecular weight is 1100 g/mol. The number of aryl methyl sites for hydroxylation is 2. The standard InChI is InChI=1S/C78H57N3O2S/c1-44(2)56-20-12-22-61-58-29-26-53(40-70(58)82-77(56)61)79(51-18-10-14-46(5)36-51)55-28-31-60-65-39-50-25-34-68-74(64(50)43-73(65)84-72(60)42-55)63-32-35-69(75-66-38-49(48-16-8-7-9-17-48)24-33-67(66)81(68)76(63)75)80(52-19-11-15-47(6)37-52)54-27-30-59-62-23-13-21-57(45(3)4)78(62)83-71(59)41-54/h7-45H,1-6H3. The Morgan fingerprint density at radius 3 is 1.60 bits per heavy atom. The first-order chi connectivity index (χ1) is 41.1. The van der Waals surface area contributed by atoms with Crippen LogP contribution in [0.1, 0.15) is 61.8 Å². The van der Waals surface area contributed by atoms with Gasteiger partial charge in [0.05, 0.1) is 22.2 Å². The molecule has 17 rings (SSSR count). The molecule has 6 heteroatoms. The van der Waals surface area contributed by atoms with Crippen molar-refractivity contribution in [3.05, 3.63) is 247 Å². The van der Waals surface area contributed by atoms with Crippen LogP contribution in [0, 0.1) is 13.8 Å². The number of rotatable bonds is 9. The zero-order valence-electron chi connectivity index (χ0n) is 47.6. The van der Waals surface area contributed by atoms with Crippen LogP contribution in [0.5, 0.6) is 0 Å². The van der Waals surface area contributed by atoms with Gasteiger partial charge >= 0.3 is 0 Å². The molecule has 84 heavy (non-hydrogen) atoms. The Labute approximate surface area is 489 Å². The number of fused-ring (bicyclic) bond motifs is 17. The molecule has 5 heterocycles. The summed E-state index contributed by atoms with van der Waals surface area (Å²) in [6.07, 6.45) is 0. The number of benzene rings is 12. The van der Waals surface area contributed by atoms with Crippen LogP contribution in [0.4, 0.5) is 34.1 Å². The molecule has 0 saturated carbocycles. The van der Waals surface area contributed by atoms with Gasteiger partial charge in [0.2, 0.25) is 0 Å². The van der Waals surface area contributed by atoms with Crippen molar-refractivity contribution in [3.8, 4) is 11.1 Å². The molecule has 0 saturated heterocycles. The molecule has 0 aliphatic carbocycles. The third-order valence-corrected chi connectivity index (χ3v) is 19.0. The van der Waals surface area contributed by atoms with Gasteiger partial charge in [0.1, 0.15) is 22.3 Å². The van der Waals surface area contributed by atoms with Gasteiger partial charge in [-0.05, 0) is 167 Å². The number of anilines is 6. The van der Waals surface area contributed by atoms with Gasteiger partial charge in [-0.15, -0.1) is 11.3 Å². The normalized spacial score (nSPS) is 12.4. The van der Waals surface area contributed by atoms with E-state index in [9.17, 15) is 0 Å². The molecular weight excluding hydrogens is 1040 g/mol. The van der Waals surface area contributed by atoms with Crippen LogP contribution in [0.2, 0.25) is 0 Å². The van der Waals surface area contributed by atoms with E-state index in [2.05, 4.69) is 280 Å². The fraction of sp³-hybridized carbons (Fsp3) is 0.103. The molecule has 12 aromatic carbocycles. The van der Waals surface area contributed by atoms with Crippen LogP contribution in [-0.4, -0.2) is 4.40 Å². The molecule has 0 unspecified atom stereocenters. The number of furan rings is 2. The summed E-state index contributed by atoms with van der Waals surface area (Å²) < 4.78 is 18.7. The van der Waals surface area contributed by atoms with Crippen LogP contribution in [-0.2, 0) is 0 Å². The summed E-state index contributed by atoms with van der Waals surface area (Å²) in [5.74, 6) is 0.686. The lowest BCUT2D eigenvalue weighted by Gasteiger charge is -2.27. The maximum absolute atomic E-state index is 6.87. The highest BCUT2D eigenvalue weighted by molar-refractivity contribution is 7.26. The first kappa shape index (κ1) is 48.8. The van der Waals surface area contributed by atoms with E-state index in [0.717, 1.165) is 78.0 Å². The van der Waals surface area contributed by atoms with E-state index >= 15 is 0 Å². The third kappa shape index (κ3) is 7.26. The fourth-order valence-corrected chi connectivity index (χ4v) is 15.1. The van der Waals surface area contributed by atoms with Gasteiger partial charge in [0, 0.05) is 104 Å². The molecule has 17 aromatic rings. The SMILES string of the molecule is Cc1cccc(N(c2ccc3c(c2)oc2c(C(C)C)cccc23)c2ccc3c(c2)sc2cc4c(ccc5c4c4ccc(N(c6cccc(C)c6)c6ccc7c(c6)oc6c(C(C)C)cccc67)c6c7cc(-c8ccccc8)ccc7n5c46)cc23)c1.